The van der Waals surface area contributed by atoms with Gasteiger partial charge in [-0.1, -0.05) is 11.6 Å². The van der Waals surface area contributed by atoms with Gasteiger partial charge in [-0.2, -0.15) is 0 Å². The van der Waals surface area contributed by atoms with Crippen molar-refractivity contribution in [3.63, 3.8) is 0 Å². The Kier molecular flexibility index (Phi) is 3.94. The molecule has 0 radical (unpaired) electrons. The number of fused-ring (bicyclic) bond motifs is 1. The fourth-order valence-electron chi connectivity index (χ4n) is 2.35. The predicted molar refractivity (Wildman–Crippen MR) is 73.2 cm³/mol. The summed E-state index contributed by atoms with van der Waals surface area (Å²) in [5.74, 6) is 0. The fraction of sp³-hybridized carbons (Fsp3) is 0.500. The standard InChI is InChI=1S/C10H12ClN4O6P/c11-8-5-9(13-2-12-8)15(3-14-5)10-7(17)6(16)4(21-10)1-22(18,19)20/h2-4,6-7,10,16-17H,1H2,(H2,18,19,20). The van der Waals surface area contributed by atoms with E-state index in [-0.39, 0.29) is 16.3 Å². The van der Waals surface area contributed by atoms with E-state index in [1.165, 1.54) is 17.2 Å². The first-order chi connectivity index (χ1) is 10.3. The summed E-state index contributed by atoms with van der Waals surface area (Å²) < 4.78 is 17.8. The molecule has 0 bridgehead atoms. The molecule has 0 spiro atoms. The molecule has 1 saturated heterocycles. The zero-order valence-electron chi connectivity index (χ0n) is 10.9. The zero-order chi connectivity index (χ0) is 16.1. The van der Waals surface area contributed by atoms with Gasteiger partial charge in [0.05, 0.1) is 12.5 Å². The Hall–Kier alpha value is -1.13. The number of ether oxygens (including phenoxy) is 1. The van der Waals surface area contributed by atoms with Crippen molar-refractivity contribution in [2.45, 2.75) is 24.5 Å². The second-order valence-electron chi connectivity index (χ2n) is 4.88. The summed E-state index contributed by atoms with van der Waals surface area (Å²) in [6.45, 7) is 0. The van der Waals surface area contributed by atoms with Crippen LogP contribution in [0.1, 0.15) is 6.23 Å². The molecule has 2 aromatic rings. The maximum atomic E-state index is 11.1. The van der Waals surface area contributed by atoms with E-state index in [4.69, 9.17) is 26.1 Å². The van der Waals surface area contributed by atoms with Gasteiger partial charge in [-0.3, -0.25) is 9.13 Å². The van der Waals surface area contributed by atoms with E-state index in [1.54, 1.807) is 0 Å². The molecule has 0 aromatic carbocycles. The van der Waals surface area contributed by atoms with Crippen molar-refractivity contribution < 1.29 is 29.3 Å². The first kappa shape index (κ1) is 15.8. The van der Waals surface area contributed by atoms with E-state index in [9.17, 15) is 14.8 Å². The lowest BCUT2D eigenvalue weighted by atomic mass is 10.1. The van der Waals surface area contributed by atoms with Gasteiger partial charge < -0.3 is 24.7 Å². The van der Waals surface area contributed by atoms with Crippen LogP contribution in [0.5, 0.6) is 0 Å². The molecule has 10 nitrogen and oxygen atoms in total. The number of rotatable bonds is 3. The Labute approximate surface area is 128 Å². The van der Waals surface area contributed by atoms with Gasteiger partial charge in [-0.25, -0.2) is 15.0 Å². The lowest BCUT2D eigenvalue weighted by Gasteiger charge is -2.16. The average Bonchev–Trinajstić information content (AvgIpc) is 2.95. The molecule has 0 aliphatic carbocycles. The van der Waals surface area contributed by atoms with Crippen LogP contribution in [0.25, 0.3) is 11.2 Å². The molecule has 1 fully saturated rings. The number of halogens is 1. The topological polar surface area (TPSA) is 151 Å². The van der Waals surface area contributed by atoms with Crippen molar-refractivity contribution in [2.75, 3.05) is 6.16 Å². The van der Waals surface area contributed by atoms with Gasteiger partial charge in [-0.15, -0.1) is 0 Å². The Balaban J connectivity index is 1.94. The summed E-state index contributed by atoms with van der Waals surface area (Å²) >= 11 is 5.88. The largest absolute Gasteiger partial charge is 0.387 e. The minimum absolute atomic E-state index is 0.114. The number of aliphatic hydroxyl groups is 2. The summed E-state index contributed by atoms with van der Waals surface area (Å²) in [5.41, 5.74) is 0.556. The van der Waals surface area contributed by atoms with Gasteiger partial charge in [0.1, 0.15) is 30.2 Å². The molecule has 3 rings (SSSR count). The number of imidazole rings is 1. The molecule has 120 valence electrons. The minimum atomic E-state index is -4.41. The first-order valence-electron chi connectivity index (χ1n) is 6.17. The molecule has 0 amide bonds. The zero-order valence-corrected chi connectivity index (χ0v) is 12.5. The maximum Gasteiger partial charge on any atom is 0.328 e. The molecular formula is C10H12ClN4O6P. The smallest absolute Gasteiger partial charge is 0.328 e. The second kappa shape index (κ2) is 5.50. The van der Waals surface area contributed by atoms with Crippen molar-refractivity contribution in [2.24, 2.45) is 0 Å². The van der Waals surface area contributed by atoms with Gasteiger partial charge in [0.15, 0.2) is 17.0 Å². The normalized spacial score (nSPS) is 29.3. The maximum absolute atomic E-state index is 11.1. The summed E-state index contributed by atoms with van der Waals surface area (Å²) in [6.07, 6.45) is -3.36. The Bertz CT molecular complexity index is 750. The molecule has 3 heterocycles. The van der Waals surface area contributed by atoms with Crippen LogP contribution in [-0.2, 0) is 9.30 Å². The fourth-order valence-corrected chi connectivity index (χ4v) is 3.30. The van der Waals surface area contributed by atoms with Crippen LogP contribution >= 0.6 is 19.2 Å². The van der Waals surface area contributed by atoms with Crippen molar-refractivity contribution in [3.8, 4) is 0 Å². The molecule has 4 N–H and O–H groups in total. The van der Waals surface area contributed by atoms with Crippen LogP contribution in [0, 0.1) is 0 Å². The highest BCUT2D eigenvalue weighted by molar-refractivity contribution is 7.51. The minimum Gasteiger partial charge on any atom is -0.387 e. The first-order valence-corrected chi connectivity index (χ1v) is 8.34. The van der Waals surface area contributed by atoms with Gasteiger partial charge >= 0.3 is 7.60 Å². The molecule has 4 atom stereocenters. The average molecular weight is 351 g/mol. The summed E-state index contributed by atoms with van der Waals surface area (Å²) in [5, 5.41) is 20.1. The van der Waals surface area contributed by atoms with Crippen LogP contribution in [0.15, 0.2) is 12.7 Å². The molecule has 4 unspecified atom stereocenters. The van der Waals surface area contributed by atoms with Crippen LogP contribution < -0.4 is 0 Å². The highest BCUT2D eigenvalue weighted by atomic mass is 35.5. The predicted octanol–water partition coefficient (Wildman–Crippen LogP) is -0.723. The van der Waals surface area contributed by atoms with Gasteiger partial charge in [0.2, 0.25) is 0 Å². The van der Waals surface area contributed by atoms with Gasteiger partial charge in [0, 0.05) is 0 Å². The van der Waals surface area contributed by atoms with Crippen molar-refractivity contribution in [3.05, 3.63) is 17.8 Å². The number of hydrogen-bond donors (Lipinski definition) is 4. The lowest BCUT2D eigenvalue weighted by molar-refractivity contribution is -0.0300. The highest BCUT2D eigenvalue weighted by Gasteiger charge is 2.46. The van der Waals surface area contributed by atoms with Crippen LogP contribution in [-0.4, -0.2) is 64.0 Å². The van der Waals surface area contributed by atoms with Crippen LogP contribution in [0.4, 0.5) is 0 Å². The number of nitrogens with zero attached hydrogens (tertiary/aromatic N) is 4. The second-order valence-corrected chi connectivity index (χ2v) is 6.93. The van der Waals surface area contributed by atoms with E-state index in [1.807, 2.05) is 0 Å². The molecule has 2 aromatic heterocycles. The van der Waals surface area contributed by atoms with Crippen LogP contribution in [0.3, 0.4) is 0 Å². The monoisotopic (exact) mass is 350 g/mol. The van der Waals surface area contributed by atoms with E-state index < -0.39 is 38.3 Å². The molecule has 1 aliphatic rings. The highest BCUT2D eigenvalue weighted by Crippen LogP contribution is 2.41. The SMILES string of the molecule is O=P(O)(O)CC1OC(n2cnc3c(Cl)ncnc32)C(O)C1O. The summed E-state index contributed by atoms with van der Waals surface area (Å²) in [4.78, 5) is 29.7. The Morgan fingerprint density at radius 1 is 1.27 bits per heavy atom. The van der Waals surface area contributed by atoms with Crippen molar-refractivity contribution >= 4 is 30.4 Å². The van der Waals surface area contributed by atoms with Crippen molar-refractivity contribution in [1.29, 1.82) is 0 Å². The number of aromatic nitrogens is 4. The third-order valence-electron chi connectivity index (χ3n) is 3.34. The molecular weight excluding hydrogens is 339 g/mol. The van der Waals surface area contributed by atoms with E-state index >= 15 is 0 Å². The van der Waals surface area contributed by atoms with Gasteiger partial charge in [0.25, 0.3) is 0 Å². The van der Waals surface area contributed by atoms with E-state index in [0.29, 0.717) is 0 Å². The molecule has 1 aliphatic heterocycles. The third-order valence-corrected chi connectivity index (χ3v) is 4.46. The quantitative estimate of drug-likeness (QED) is 0.415. The van der Waals surface area contributed by atoms with E-state index in [0.717, 1.165) is 0 Å². The van der Waals surface area contributed by atoms with Gasteiger partial charge in [-0.05, 0) is 0 Å². The lowest BCUT2D eigenvalue weighted by Crippen LogP contribution is -2.33. The summed E-state index contributed by atoms with van der Waals surface area (Å²) in [7, 11) is -4.41. The van der Waals surface area contributed by atoms with Crippen LogP contribution in [0.2, 0.25) is 5.15 Å². The molecule has 22 heavy (non-hydrogen) atoms. The Morgan fingerprint density at radius 3 is 2.68 bits per heavy atom. The van der Waals surface area contributed by atoms with E-state index in [2.05, 4.69) is 15.0 Å². The Morgan fingerprint density at radius 2 is 2.00 bits per heavy atom. The molecule has 12 heteroatoms. The third kappa shape index (κ3) is 2.74. The molecule has 0 saturated carbocycles. The summed E-state index contributed by atoms with van der Waals surface area (Å²) in [6, 6.07) is 0. The van der Waals surface area contributed by atoms with Crippen molar-refractivity contribution in [1.82, 2.24) is 19.5 Å². The number of hydrogen-bond acceptors (Lipinski definition) is 7. The number of aliphatic hydroxyl groups excluding tert-OH is 2.